The first kappa shape index (κ1) is 15.4. The molecule has 21 heavy (non-hydrogen) atoms. The number of aromatic nitrogens is 1. The molecule has 0 unspecified atom stereocenters. The van der Waals surface area contributed by atoms with E-state index in [1.54, 1.807) is 24.4 Å². The van der Waals surface area contributed by atoms with Gasteiger partial charge >= 0.3 is 0 Å². The van der Waals surface area contributed by atoms with Gasteiger partial charge in [0.2, 0.25) is 5.91 Å². The van der Waals surface area contributed by atoms with Crippen LogP contribution in [0.2, 0.25) is 0 Å². The number of amides is 2. The van der Waals surface area contributed by atoms with E-state index >= 15 is 0 Å². The molecular weight excluding hydrogens is 268 g/mol. The van der Waals surface area contributed by atoms with Crippen LogP contribution in [0.25, 0.3) is 0 Å². The van der Waals surface area contributed by atoms with Gasteiger partial charge in [0.1, 0.15) is 5.69 Å². The van der Waals surface area contributed by atoms with E-state index < -0.39 is 0 Å². The first-order chi connectivity index (χ1) is 10.1. The maximum absolute atomic E-state index is 11.8. The summed E-state index contributed by atoms with van der Waals surface area (Å²) in [6.07, 6.45) is 3.65. The summed E-state index contributed by atoms with van der Waals surface area (Å²) in [4.78, 5) is 27.5. The van der Waals surface area contributed by atoms with Gasteiger partial charge < -0.3 is 16.0 Å². The van der Waals surface area contributed by atoms with Crippen molar-refractivity contribution in [1.82, 2.24) is 20.9 Å². The van der Waals surface area contributed by atoms with Gasteiger partial charge in [-0.15, -0.1) is 0 Å². The maximum Gasteiger partial charge on any atom is 0.270 e. The van der Waals surface area contributed by atoms with E-state index in [-0.39, 0.29) is 23.8 Å². The summed E-state index contributed by atoms with van der Waals surface area (Å²) in [6, 6.07) is 5.09. The molecule has 1 fully saturated rings. The molecular formula is C15H22N4O2. The molecule has 1 aromatic heterocycles. The first-order valence-electron chi connectivity index (χ1n) is 7.26. The molecule has 3 N–H and O–H groups in total. The number of hydrogen-bond donors (Lipinski definition) is 3. The number of rotatable bonds is 5. The molecule has 6 heteroatoms. The van der Waals surface area contributed by atoms with Crippen LogP contribution in [0.3, 0.4) is 0 Å². The lowest BCUT2D eigenvalue weighted by Gasteiger charge is -2.34. The van der Waals surface area contributed by atoms with Crippen LogP contribution >= 0.6 is 0 Å². The lowest BCUT2D eigenvalue weighted by molar-refractivity contribution is -0.120. The number of piperidine rings is 1. The van der Waals surface area contributed by atoms with E-state index in [2.05, 4.69) is 27.9 Å². The average molecular weight is 290 g/mol. The van der Waals surface area contributed by atoms with Gasteiger partial charge in [-0.3, -0.25) is 14.6 Å². The highest BCUT2D eigenvalue weighted by molar-refractivity contribution is 5.94. The number of nitrogens with zero attached hydrogens (tertiary/aromatic N) is 1. The van der Waals surface area contributed by atoms with Crippen LogP contribution in [0.1, 0.15) is 30.3 Å². The fourth-order valence-corrected chi connectivity index (χ4v) is 2.33. The molecule has 0 atom stereocenters. The topological polar surface area (TPSA) is 83.1 Å². The van der Waals surface area contributed by atoms with E-state index in [0.717, 1.165) is 25.9 Å². The Kier molecular flexibility index (Phi) is 5.27. The fourth-order valence-electron chi connectivity index (χ4n) is 2.33. The molecule has 0 aliphatic carbocycles. The molecule has 1 saturated heterocycles. The van der Waals surface area contributed by atoms with Gasteiger partial charge in [-0.05, 0) is 43.5 Å². The highest BCUT2D eigenvalue weighted by Gasteiger charge is 2.26. The summed E-state index contributed by atoms with van der Waals surface area (Å²) < 4.78 is 0. The second-order valence-electron chi connectivity index (χ2n) is 5.74. The lowest BCUT2D eigenvalue weighted by atomic mass is 9.81. The van der Waals surface area contributed by atoms with Crippen molar-refractivity contribution >= 4 is 11.8 Å². The van der Waals surface area contributed by atoms with Crippen molar-refractivity contribution < 1.29 is 9.59 Å². The van der Waals surface area contributed by atoms with Crippen LogP contribution in [0, 0.1) is 5.41 Å². The molecule has 114 valence electrons. The Morgan fingerprint density at radius 1 is 1.29 bits per heavy atom. The zero-order valence-electron chi connectivity index (χ0n) is 12.3. The molecule has 0 radical (unpaired) electrons. The van der Waals surface area contributed by atoms with E-state index in [1.807, 2.05) is 0 Å². The van der Waals surface area contributed by atoms with E-state index in [4.69, 9.17) is 0 Å². The standard InChI is InChI=1S/C15H22N4O2/c1-15(5-8-16-9-6-15)11-19-13(20)10-18-14(21)12-4-2-3-7-17-12/h2-4,7,16H,5-6,8-11H2,1H3,(H,18,21)(H,19,20). The quantitative estimate of drug-likeness (QED) is 0.729. The molecule has 0 saturated carbocycles. The highest BCUT2D eigenvalue weighted by Crippen LogP contribution is 2.26. The normalized spacial score (nSPS) is 17.0. The third kappa shape index (κ3) is 4.82. The van der Waals surface area contributed by atoms with Crippen LogP contribution in [-0.4, -0.2) is 43.0 Å². The second kappa shape index (κ2) is 7.17. The van der Waals surface area contributed by atoms with Crippen molar-refractivity contribution in [1.29, 1.82) is 0 Å². The lowest BCUT2D eigenvalue weighted by Crippen LogP contribution is -2.45. The molecule has 6 nitrogen and oxygen atoms in total. The average Bonchev–Trinajstić information content (AvgIpc) is 2.52. The predicted octanol–water partition coefficient (Wildman–Crippen LogP) is 0.317. The molecule has 0 spiro atoms. The van der Waals surface area contributed by atoms with Crippen LogP contribution in [0.15, 0.2) is 24.4 Å². The molecule has 1 aliphatic rings. The zero-order valence-corrected chi connectivity index (χ0v) is 12.3. The fraction of sp³-hybridized carbons (Fsp3) is 0.533. The Bertz CT molecular complexity index is 484. The van der Waals surface area contributed by atoms with E-state index in [9.17, 15) is 9.59 Å². The van der Waals surface area contributed by atoms with Gasteiger partial charge in [0, 0.05) is 12.7 Å². The van der Waals surface area contributed by atoms with Crippen molar-refractivity contribution in [2.45, 2.75) is 19.8 Å². The molecule has 1 aromatic rings. The van der Waals surface area contributed by atoms with Crippen LogP contribution < -0.4 is 16.0 Å². The molecule has 0 bridgehead atoms. The van der Waals surface area contributed by atoms with Crippen molar-refractivity contribution in [2.24, 2.45) is 5.41 Å². The monoisotopic (exact) mass is 290 g/mol. The second-order valence-corrected chi connectivity index (χ2v) is 5.74. The summed E-state index contributed by atoms with van der Waals surface area (Å²) in [5.74, 6) is -0.502. The van der Waals surface area contributed by atoms with Gasteiger partial charge in [-0.1, -0.05) is 13.0 Å². The highest BCUT2D eigenvalue weighted by atomic mass is 16.2. The Balaban J connectivity index is 1.71. The molecule has 0 aromatic carbocycles. The van der Waals surface area contributed by atoms with Crippen molar-refractivity contribution in [3.05, 3.63) is 30.1 Å². The number of pyridine rings is 1. The molecule has 2 amide bonds. The largest absolute Gasteiger partial charge is 0.354 e. The van der Waals surface area contributed by atoms with E-state index in [0.29, 0.717) is 12.2 Å². The third-order valence-corrected chi connectivity index (χ3v) is 3.83. The summed E-state index contributed by atoms with van der Waals surface area (Å²) in [5, 5.41) is 8.78. The number of nitrogens with one attached hydrogen (secondary N) is 3. The Hall–Kier alpha value is -1.95. The minimum Gasteiger partial charge on any atom is -0.354 e. The summed E-state index contributed by atoms with van der Waals surface area (Å²) in [7, 11) is 0. The zero-order chi connectivity index (χ0) is 15.1. The molecule has 2 rings (SSSR count). The minimum atomic E-state index is -0.334. The minimum absolute atomic E-state index is 0.0241. The van der Waals surface area contributed by atoms with Crippen molar-refractivity contribution in [3.63, 3.8) is 0 Å². The Morgan fingerprint density at radius 3 is 2.71 bits per heavy atom. The van der Waals surface area contributed by atoms with Crippen LogP contribution in [-0.2, 0) is 4.79 Å². The van der Waals surface area contributed by atoms with Crippen LogP contribution in [0.5, 0.6) is 0 Å². The van der Waals surface area contributed by atoms with Gasteiger partial charge in [-0.2, -0.15) is 0 Å². The Labute approximate surface area is 124 Å². The van der Waals surface area contributed by atoms with Gasteiger partial charge in [0.15, 0.2) is 0 Å². The summed E-state index contributed by atoms with van der Waals surface area (Å²) in [5.41, 5.74) is 0.460. The van der Waals surface area contributed by atoms with Crippen molar-refractivity contribution in [3.8, 4) is 0 Å². The van der Waals surface area contributed by atoms with Gasteiger partial charge in [-0.25, -0.2) is 0 Å². The van der Waals surface area contributed by atoms with Crippen LogP contribution in [0.4, 0.5) is 0 Å². The van der Waals surface area contributed by atoms with Crippen molar-refractivity contribution in [2.75, 3.05) is 26.2 Å². The number of carbonyl (C=O) groups is 2. The number of hydrogen-bond acceptors (Lipinski definition) is 4. The Morgan fingerprint density at radius 2 is 2.05 bits per heavy atom. The summed E-state index contributed by atoms with van der Waals surface area (Å²) in [6.45, 7) is 4.78. The smallest absolute Gasteiger partial charge is 0.270 e. The van der Waals surface area contributed by atoms with E-state index in [1.165, 1.54) is 0 Å². The number of carbonyl (C=O) groups excluding carboxylic acids is 2. The SMILES string of the molecule is CC1(CNC(=O)CNC(=O)c2ccccn2)CCNCC1. The van der Waals surface area contributed by atoms with Gasteiger partial charge in [0.05, 0.1) is 6.54 Å². The maximum atomic E-state index is 11.8. The van der Waals surface area contributed by atoms with Gasteiger partial charge in [0.25, 0.3) is 5.91 Å². The summed E-state index contributed by atoms with van der Waals surface area (Å²) >= 11 is 0. The molecule has 2 heterocycles. The first-order valence-corrected chi connectivity index (χ1v) is 7.26. The predicted molar refractivity (Wildman–Crippen MR) is 79.8 cm³/mol. The third-order valence-electron chi connectivity index (χ3n) is 3.83. The molecule has 1 aliphatic heterocycles.